The minimum atomic E-state index is -0.333. The third-order valence-corrected chi connectivity index (χ3v) is 4.04. The molecule has 19 heavy (non-hydrogen) atoms. The van der Waals surface area contributed by atoms with Gasteiger partial charge in [0.2, 0.25) is 0 Å². The van der Waals surface area contributed by atoms with Gasteiger partial charge < -0.3 is 15.5 Å². The Morgan fingerprint density at radius 1 is 1.53 bits per heavy atom. The number of fused-ring (bicyclic) bond motifs is 1. The van der Waals surface area contributed by atoms with Crippen molar-refractivity contribution in [1.29, 1.82) is 0 Å². The standard InChI is InChI=1S/C14H19N3O2/c1-17-11-5-4-9(7-12(11)19-14(17)18)13(15)10-3-2-6-16-8-10/h4-5,7,10,13,16H,2-3,6,8,15H2,1H3. The highest BCUT2D eigenvalue weighted by Gasteiger charge is 2.22. The van der Waals surface area contributed by atoms with Crippen LogP contribution in [0.15, 0.2) is 27.4 Å². The number of nitrogens with zero attached hydrogens (tertiary/aromatic N) is 1. The highest BCUT2D eigenvalue weighted by Crippen LogP contribution is 2.27. The lowest BCUT2D eigenvalue weighted by atomic mass is 9.88. The highest BCUT2D eigenvalue weighted by atomic mass is 16.4. The predicted molar refractivity (Wildman–Crippen MR) is 74.0 cm³/mol. The van der Waals surface area contributed by atoms with Crippen LogP contribution in [0.2, 0.25) is 0 Å². The number of hydrogen-bond acceptors (Lipinski definition) is 4. The Morgan fingerprint density at radius 3 is 3.11 bits per heavy atom. The second-order valence-corrected chi connectivity index (χ2v) is 5.29. The third kappa shape index (κ3) is 2.19. The maximum Gasteiger partial charge on any atom is 0.419 e. The number of rotatable bonds is 2. The van der Waals surface area contributed by atoms with Crippen LogP contribution in [-0.2, 0) is 7.05 Å². The van der Waals surface area contributed by atoms with Crippen LogP contribution in [0.1, 0.15) is 24.4 Å². The van der Waals surface area contributed by atoms with Crippen molar-refractivity contribution in [3.05, 3.63) is 34.3 Å². The van der Waals surface area contributed by atoms with Gasteiger partial charge in [-0.15, -0.1) is 0 Å². The fourth-order valence-electron chi connectivity index (χ4n) is 2.82. The van der Waals surface area contributed by atoms with E-state index in [1.807, 2.05) is 18.2 Å². The Kier molecular flexibility index (Phi) is 3.16. The summed E-state index contributed by atoms with van der Waals surface area (Å²) in [5.41, 5.74) is 8.80. The van der Waals surface area contributed by atoms with E-state index in [-0.39, 0.29) is 11.8 Å². The predicted octanol–water partition coefficient (Wildman–Crippen LogP) is 1.13. The summed E-state index contributed by atoms with van der Waals surface area (Å²) in [5.74, 6) is 0.113. The molecule has 3 N–H and O–H groups in total. The molecule has 1 aliphatic heterocycles. The Labute approximate surface area is 111 Å². The molecule has 0 saturated carbocycles. The van der Waals surface area contributed by atoms with Gasteiger partial charge in [-0.3, -0.25) is 4.57 Å². The van der Waals surface area contributed by atoms with E-state index in [2.05, 4.69) is 5.32 Å². The van der Waals surface area contributed by atoms with Gasteiger partial charge in [0.1, 0.15) is 0 Å². The first kappa shape index (κ1) is 12.4. The molecule has 102 valence electrons. The number of oxazole rings is 1. The maximum atomic E-state index is 11.5. The number of nitrogens with two attached hydrogens (primary N) is 1. The molecule has 0 amide bonds. The zero-order valence-corrected chi connectivity index (χ0v) is 11.1. The first-order valence-corrected chi connectivity index (χ1v) is 6.72. The number of piperidine rings is 1. The number of aryl methyl sites for hydroxylation is 1. The van der Waals surface area contributed by atoms with Crippen LogP contribution in [-0.4, -0.2) is 17.7 Å². The summed E-state index contributed by atoms with van der Waals surface area (Å²) >= 11 is 0. The van der Waals surface area contributed by atoms with Crippen molar-refractivity contribution >= 4 is 11.1 Å². The molecule has 2 heterocycles. The van der Waals surface area contributed by atoms with Crippen molar-refractivity contribution in [2.45, 2.75) is 18.9 Å². The smallest absolute Gasteiger partial charge is 0.408 e. The fraction of sp³-hybridized carbons (Fsp3) is 0.500. The van der Waals surface area contributed by atoms with Crippen LogP contribution >= 0.6 is 0 Å². The zero-order valence-electron chi connectivity index (χ0n) is 11.1. The van der Waals surface area contributed by atoms with E-state index in [9.17, 15) is 4.79 Å². The lowest BCUT2D eigenvalue weighted by molar-refractivity contribution is 0.326. The second-order valence-electron chi connectivity index (χ2n) is 5.29. The molecule has 5 heteroatoms. The van der Waals surface area contributed by atoms with Crippen LogP contribution in [0, 0.1) is 5.92 Å². The molecular weight excluding hydrogens is 242 g/mol. The summed E-state index contributed by atoms with van der Waals surface area (Å²) in [6.07, 6.45) is 2.31. The molecule has 0 bridgehead atoms. The van der Waals surface area contributed by atoms with Crippen molar-refractivity contribution in [3.63, 3.8) is 0 Å². The first-order valence-electron chi connectivity index (χ1n) is 6.72. The highest BCUT2D eigenvalue weighted by molar-refractivity contribution is 5.73. The quantitative estimate of drug-likeness (QED) is 0.850. The molecule has 5 nitrogen and oxygen atoms in total. The monoisotopic (exact) mass is 261 g/mol. The number of hydrogen-bond donors (Lipinski definition) is 2. The number of nitrogens with one attached hydrogen (secondary N) is 1. The topological polar surface area (TPSA) is 73.2 Å². The van der Waals surface area contributed by atoms with Crippen molar-refractivity contribution in [3.8, 4) is 0 Å². The zero-order chi connectivity index (χ0) is 13.4. The molecular formula is C14H19N3O2. The minimum Gasteiger partial charge on any atom is -0.408 e. The molecule has 2 aromatic rings. The summed E-state index contributed by atoms with van der Waals surface area (Å²) in [4.78, 5) is 11.5. The van der Waals surface area contributed by atoms with E-state index in [0.717, 1.165) is 30.6 Å². The first-order chi connectivity index (χ1) is 9.16. The Bertz CT molecular complexity index is 638. The molecule has 1 aromatic heterocycles. The van der Waals surface area contributed by atoms with E-state index in [1.54, 1.807) is 7.05 Å². The molecule has 0 spiro atoms. The summed E-state index contributed by atoms with van der Waals surface area (Å²) < 4.78 is 6.72. The normalized spacial score (nSPS) is 21.7. The van der Waals surface area contributed by atoms with Crippen LogP contribution < -0.4 is 16.8 Å². The van der Waals surface area contributed by atoms with Gasteiger partial charge in [-0.1, -0.05) is 6.07 Å². The maximum absolute atomic E-state index is 11.5. The molecule has 3 rings (SSSR count). The SMILES string of the molecule is Cn1c(=O)oc2cc(C(N)C3CCCNC3)ccc21. The van der Waals surface area contributed by atoms with Gasteiger partial charge in [-0.25, -0.2) is 4.79 Å². The average molecular weight is 261 g/mol. The van der Waals surface area contributed by atoms with Crippen molar-refractivity contribution in [2.75, 3.05) is 13.1 Å². The van der Waals surface area contributed by atoms with E-state index >= 15 is 0 Å². The van der Waals surface area contributed by atoms with Crippen LogP contribution in [0.4, 0.5) is 0 Å². The molecule has 1 aliphatic rings. The molecule has 0 aliphatic carbocycles. The lowest BCUT2D eigenvalue weighted by Gasteiger charge is -2.28. The van der Waals surface area contributed by atoms with E-state index in [0.29, 0.717) is 11.5 Å². The molecule has 0 radical (unpaired) electrons. The Hall–Kier alpha value is -1.59. The third-order valence-electron chi connectivity index (χ3n) is 4.04. The van der Waals surface area contributed by atoms with Gasteiger partial charge in [-0.05, 0) is 49.5 Å². The van der Waals surface area contributed by atoms with Gasteiger partial charge >= 0.3 is 5.76 Å². The van der Waals surface area contributed by atoms with Gasteiger partial charge in [0.05, 0.1) is 5.52 Å². The van der Waals surface area contributed by atoms with Crippen molar-refractivity contribution in [1.82, 2.24) is 9.88 Å². The fourth-order valence-corrected chi connectivity index (χ4v) is 2.82. The average Bonchev–Trinajstić information content (AvgIpc) is 2.74. The van der Waals surface area contributed by atoms with Crippen LogP contribution in [0.5, 0.6) is 0 Å². The van der Waals surface area contributed by atoms with E-state index < -0.39 is 0 Å². The molecule has 1 fully saturated rings. The summed E-state index contributed by atoms with van der Waals surface area (Å²) in [6.45, 7) is 2.04. The van der Waals surface area contributed by atoms with Gasteiger partial charge in [0.15, 0.2) is 5.58 Å². The van der Waals surface area contributed by atoms with Crippen LogP contribution in [0.3, 0.4) is 0 Å². The largest absolute Gasteiger partial charge is 0.419 e. The molecule has 1 aromatic carbocycles. The van der Waals surface area contributed by atoms with Gasteiger partial charge in [0, 0.05) is 13.1 Å². The molecule has 1 saturated heterocycles. The number of aromatic nitrogens is 1. The molecule has 2 atom stereocenters. The second kappa shape index (κ2) is 4.83. The van der Waals surface area contributed by atoms with Gasteiger partial charge in [-0.2, -0.15) is 0 Å². The summed E-state index contributed by atoms with van der Waals surface area (Å²) in [7, 11) is 1.71. The van der Waals surface area contributed by atoms with Crippen molar-refractivity contribution in [2.24, 2.45) is 18.7 Å². The summed E-state index contributed by atoms with van der Waals surface area (Å²) in [5, 5.41) is 3.38. The molecule has 2 unspecified atom stereocenters. The van der Waals surface area contributed by atoms with E-state index in [4.69, 9.17) is 10.2 Å². The van der Waals surface area contributed by atoms with Crippen LogP contribution in [0.25, 0.3) is 11.1 Å². The lowest BCUT2D eigenvalue weighted by Crippen LogP contribution is -2.36. The van der Waals surface area contributed by atoms with Crippen molar-refractivity contribution < 1.29 is 4.42 Å². The number of benzene rings is 1. The minimum absolute atomic E-state index is 0.0114. The summed E-state index contributed by atoms with van der Waals surface area (Å²) in [6, 6.07) is 5.79. The Balaban J connectivity index is 1.94. The Morgan fingerprint density at radius 2 is 2.37 bits per heavy atom. The van der Waals surface area contributed by atoms with Gasteiger partial charge in [0.25, 0.3) is 0 Å². The van der Waals surface area contributed by atoms with E-state index in [1.165, 1.54) is 11.0 Å².